The topological polar surface area (TPSA) is 124 Å². The van der Waals surface area contributed by atoms with Gasteiger partial charge in [0.25, 0.3) is 0 Å². The van der Waals surface area contributed by atoms with Crippen LogP contribution in [-0.2, 0) is 9.59 Å². The molecule has 2 fully saturated rings. The summed E-state index contributed by atoms with van der Waals surface area (Å²) < 4.78 is 46.4. The van der Waals surface area contributed by atoms with Crippen molar-refractivity contribution in [2.24, 2.45) is 11.1 Å². The van der Waals surface area contributed by atoms with Crippen LogP contribution in [-0.4, -0.2) is 41.2 Å². The maximum absolute atomic E-state index is 15.5. The molecule has 2 aliphatic carbocycles. The van der Waals surface area contributed by atoms with Crippen LogP contribution in [0.1, 0.15) is 25.7 Å². The molecule has 1 heterocycles. The summed E-state index contributed by atoms with van der Waals surface area (Å²) in [6.07, 6.45) is 3.39. The zero-order chi connectivity index (χ0) is 29.6. The van der Waals surface area contributed by atoms with Gasteiger partial charge in [0.2, 0.25) is 11.8 Å². The third kappa shape index (κ3) is 5.07. The minimum absolute atomic E-state index is 0.115. The van der Waals surface area contributed by atoms with Crippen LogP contribution in [0, 0.1) is 17.0 Å². The van der Waals surface area contributed by atoms with E-state index in [0.717, 1.165) is 11.0 Å². The Hall–Kier alpha value is -4.77. The molecule has 0 atom stereocenters. The number of carbonyl (C=O) groups is 2. The third-order valence-corrected chi connectivity index (χ3v) is 7.62. The molecule has 1 aromatic heterocycles. The highest BCUT2D eigenvalue weighted by Crippen LogP contribution is 2.49. The SMILES string of the molecule is COc1cc2c(Oc3ccc(N(C(=O)C4(C(N)=O)CC4)c4ccc(F)cc4)cc3F)ccnc2cc1OCC1(O)CC1. The minimum Gasteiger partial charge on any atom is -0.493 e. The molecule has 0 unspecified atom stereocenters. The van der Waals surface area contributed by atoms with Gasteiger partial charge < -0.3 is 25.1 Å². The molecule has 6 rings (SSSR count). The molecule has 0 spiro atoms. The van der Waals surface area contributed by atoms with E-state index in [4.69, 9.17) is 19.9 Å². The quantitative estimate of drug-likeness (QED) is 0.251. The third-order valence-electron chi connectivity index (χ3n) is 7.62. The van der Waals surface area contributed by atoms with Crippen molar-refractivity contribution in [1.82, 2.24) is 4.98 Å². The number of pyridine rings is 1. The number of methoxy groups -OCH3 is 1. The predicted octanol–water partition coefficient (Wildman–Crippen LogP) is 5.15. The largest absolute Gasteiger partial charge is 0.493 e. The van der Waals surface area contributed by atoms with E-state index < -0.39 is 34.5 Å². The first kappa shape index (κ1) is 27.4. The van der Waals surface area contributed by atoms with Crippen molar-refractivity contribution in [1.29, 1.82) is 0 Å². The van der Waals surface area contributed by atoms with Gasteiger partial charge in [0.05, 0.1) is 23.9 Å². The number of fused-ring (bicyclic) bond motifs is 1. The van der Waals surface area contributed by atoms with Crippen LogP contribution in [0.3, 0.4) is 0 Å². The molecule has 3 N–H and O–H groups in total. The average Bonchev–Trinajstić information content (AvgIpc) is 3.91. The summed E-state index contributed by atoms with van der Waals surface area (Å²) in [6.45, 7) is 0.126. The fraction of sp³-hybridized carbons (Fsp3) is 0.258. The number of rotatable bonds is 10. The Morgan fingerprint density at radius 3 is 2.26 bits per heavy atom. The van der Waals surface area contributed by atoms with E-state index in [1.54, 1.807) is 18.2 Å². The van der Waals surface area contributed by atoms with Crippen molar-refractivity contribution >= 4 is 34.1 Å². The number of benzene rings is 3. The van der Waals surface area contributed by atoms with Crippen LogP contribution in [0.5, 0.6) is 23.0 Å². The Balaban J connectivity index is 1.32. The smallest absolute Gasteiger partial charge is 0.247 e. The Kier molecular flexibility index (Phi) is 6.69. The van der Waals surface area contributed by atoms with E-state index in [-0.39, 0.29) is 42.3 Å². The maximum atomic E-state index is 15.5. The standard InChI is InChI=1S/C31H27F2N3O6/c1-40-26-15-21-23(16-27(26)41-17-30(39)9-10-30)35-13-8-24(21)42-25-7-6-20(14-22(25)33)36(19-4-2-18(32)3-5-19)29(38)31(11-12-31)28(34)37/h2-8,13-16,39H,9-12,17H2,1H3,(H2,34,37). The van der Waals surface area contributed by atoms with Gasteiger partial charge in [-0.05, 0) is 74.2 Å². The summed E-state index contributed by atoms with van der Waals surface area (Å²) in [5.74, 6) is -1.75. The van der Waals surface area contributed by atoms with Gasteiger partial charge in [-0.15, -0.1) is 0 Å². The average molecular weight is 576 g/mol. The number of nitrogens with zero attached hydrogens (tertiary/aromatic N) is 2. The number of ether oxygens (including phenoxy) is 3. The van der Waals surface area contributed by atoms with Crippen LogP contribution in [0.4, 0.5) is 20.2 Å². The molecule has 9 nitrogen and oxygen atoms in total. The number of hydrogen-bond donors (Lipinski definition) is 2. The summed E-state index contributed by atoms with van der Waals surface area (Å²) in [5, 5.41) is 10.7. The van der Waals surface area contributed by atoms with Gasteiger partial charge in [-0.2, -0.15) is 0 Å². The molecule has 0 saturated heterocycles. The first-order valence-corrected chi connectivity index (χ1v) is 13.3. The number of aliphatic hydroxyl groups is 1. The van der Waals surface area contributed by atoms with Gasteiger partial charge in [-0.1, -0.05) is 0 Å². The van der Waals surface area contributed by atoms with Crippen molar-refractivity contribution in [3.63, 3.8) is 0 Å². The van der Waals surface area contributed by atoms with Crippen molar-refractivity contribution in [2.45, 2.75) is 31.3 Å². The Morgan fingerprint density at radius 2 is 1.64 bits per heavy atom. The number of nitrogens with two attached hydrogens (primary N) is 1. The zero-order valence-corrected chi connectivity index (χ0v) is 22.6. The lowest BCUT2D eigenvalue weighted by Crippen LogP contribution is -2.41. The summed E-state index contributed by atoms with van der Waals surface area (Å²) in [5.41, 5.74) is 4.18. The number of anilines is 2. The van der Waals surface area contributed by atoms with Gasteiger partial charge in [-0.3, -0.25) is 19.5 Å². The van der Waals surface area contributed by atoms with Gasteiger partial charge in [0.15, 0.2) is 23.1 Å². The zero-order valence-electron chi connectivity index (χ0n) is 22.6. The van der Waals surface area contributed by atoms with Crippen molar-refractivity contribution in [2.75, 3.05) is 18.6 Å². The number of primary amides is 1. The summed E-state index contributed by atoms with van der Waals surface area (Å²) in [4.78, 5) is 31.2. The van der Waals surface area contributed by atoms with E-state index in [0.29, 0.717) is 35.2 Å². The van der Waals surface area contributed by atoms with Crippen molar-refractivity contribution < 1.29 is 37.7 Å². The fourth-order valence-corrected chi connectivity index (χ4v) is 4.70. The monoisotopic (exact) mass is 575 g/mol. The molecule has 11 heteroatoms. The van der Waals surface area contributed by atoms with Crippen LogP contribution in [0.25, 0.3) is 10.9 Å². The van der Waals surface area contributed by atoms with E-state index in [1.165, 1.54) is 49.7 Å². The molecule has 2 amide bonds. The molecular formula is C31H27F2N3O6. The highest BCUT2D eigenvalue weighted by Gasteiger charge is 2.57. The van der Waals surface area contributed by atoms with Crippen LogP contribution in [0.15, 0.2) is 66.9 Å². The molecule has 0 bridgehead atoms. The van der Waals surface area contributed by atoms with Gasteiger partial charge in [-0.25, -0.2) is 8.78 Å². The lowest BCUT2D eigenvalue weighted by Gasteiger charge is -2.26. The number of carbonyl (C=O) groups excluding carboxylic acids is 2. The number of halogens is 2. The van der Waals surface area contributed by atoms with Gasteiger partial charge in [0, 0.05) is 29.4 Å². The molecule has 216 valence electrons. The van der Waals surface area contributed by atoms with E-state index in [9.17, 15) is 19.1 Å². The molecule has 4 aromatic rings. The second kappa shape index (κ2) is 10.3. The summed E-state index contributed by atoms with van der Waals surface area (Å²) in [6, 6.07) is 13.9. The second-order valence-corrected chi connectivity index (χ2v) is 10.6. The highest BCUT2D eigenvalue weighted by atomic mass is 19.1. The van der Waals surface area contributed by atoms with Crippen molar-refractivity contribution in [3.05, 3.63) is 78.5 Å². The van der Waals surface area contributed by atoms with Gasteiger partial charge >= 0.3 is 0 Å². The minimum atomic E-state index is -1.39. The highest BCUT2D eigenvalue weighted by molar-refractivity contribution is 6.16. The molecule has 2 saturated carbocycles. The molecular weight excluding hydrogens is 548 g/mol. The Bertz CT molecular complexity index is 1700. The number of hydrogen-bond acceptors (Lipinski definition) is 7. The van der Waals surface area contributed by atoms with Crippen molar-refractivity contribution in [3.8, 4) is 23.0 Å². The van der Waals surface area contributed by atoms with Crippen LogP contribution < -0.4 is 24.8 Å². The number of amides is 2. The maximum Gasteiger partial charge on any atom is 0.247 e. The van der Waals surface area contributed by atoms with Gasteiger partial charge in [0.1, 0.15) is 23.6 Å². The van der Waals surface area contributed by atoms with Crippen LogP contribution >= 0.6 is 0 Å². The predicted molar refractivity (Wildman–Crippen MR) is 149 cm³/mol. The first-order valence-electron chi connectivity index (χ1n) is 13.3. The van der Waals surface area contributed by atoms with E-state index >= 15 is 4.39 Å². The molecule has 42 heavy (non-hydrogen) atoms. The summed E-state index contributed by atoms with van der Waals surface area (Å²) >= 11 is 0. The molecule has 2 aliphatic rings. The van der Waals surface area contributed by atoms with E-state index in [2.05, 4.69) is 4.98 Å². The molecule has 0 radical (unpaired) electrons. The molecule has 3 aromatic carbocycles. The normalized spacial score (nSPS) is 16.0. The lowest BCUT2D eigenvalue weighted by atomic mass is 10.0. The first-order chi connectivity index (χ1) is 20.1. The molecule has 0 aliphatic heterocycles. The lowest BCUT2D eigenvalue weighted by molar-refractivity contribution is -0.133. The second-order valence-electron chi connectivity index (χ2n) is 10.6. The fourth-order valence-electron chi connectivity index (χ4n) is 4.70. The van der Waals surface area contributed by atoms with Crippen LogP contribution in [0.2, 0.25) is 0 Å². The Labute approximate surface area is 239 Å². The Morgan fingerprint density at radius 1 is 0.929 bits per heavy atom. The number of aromatic nitrogens is 1. The summed E-state index contributed by atoms with van der Waals surface area (Å²) in [7, 11) is 1.48. The van der Waals surface area contributed by atoms with E-state index in [1.807, 2.05) is 0 Å².